The highest BCUT2D eigenvalue weighted by atomic mass is 35.6. The van der Waals surface area contributed by atoms with Gasteiger partial charge in [0.25, 0.3) is 9.70 Å². The van der Waals surface area contributed by atoms with Gasteiger partial charge < -0.3 is 14.8 Å². The lowest BCUT2D eigenvalue weighted by molar-refractivity contribution is -0.115. The standard InChI is InChI=1S/C12H13Cl4NO3/c1-7(6-19-2)20-10-4-3-8(5-9(10)13)17-11(18)12(14,15)16/h3-5,7H,6H2,1-2H3,(H,17,18)/t7-/m1/s1. The minimum Gasteiger partial charge on any atom is -0.487 e. The maximum Gasteiger partial charge on any atom is 0.276 e. The van der Waals surface area contributed by atoms with E-state index >= 15 is 0 Å². The summed E-state index contributed by atoms with van der Waals surface area (Å²) in [6, 6.07) is 4.71. The zero-order valence-corrected chi connectivity index (χ0v) is 13.8. The third-order valence-corrected chi connectivity index (χ3v) is 2.99. The van der Waals surface area contributed by atoms with E-state index < -0.39 is 9.70 Å². The van der Waals surface area contributed by atoms with E-state index in [0.717, 1.165) is 0 Å². The van der Waals surface area contributed by atoms with Gasteiger partial charge in [0.1, 0.15) is 11.9 Å². The van der Waals surface area contributed by atoms with Crippen molar-refractivity contribution in [2.75, 3.05) is 19.0 Å². The number of amides is 1. The van der Waals surface area contributed by atoms with Gasteiger partial charge in [-0.3, -0.25) is 4.79 Å². The Kier molecular flexibility index (Phi) is 6.69. The molecule has 0 aliphatic heterocycles. The topological polar surface area (TPSA) is 47.6 Å². The normalized spacial score (nSPS) is 12.9. The summed E-state index contributed by atoms with van der Waals surface area (Å²) in [7, 11) is 1.58. The monoisotopic (exact) mass is 359 g/mol. The Morgan fingerprint density at radius 1 is 1.40 bits per heavy atom. The minimum atomic E-state index is -2.03. The molecule has 4 nitrogen and oxygen atoms in total. The summed E-state index contributed by atoms with van der Waals surface area (Å²) in [6.07, 6.45) is -0.154. The average Bonchev–Trinajstić information content (AvgIpc) is 2.31. The molecule has 112 valence electrons. The number of carbonyl (C=O) groups is 1. The third-order valence-electron chi connectivity index (χ3n) is 2.18. The summed E-state index contributed by atoms with van der Waals surface area (Å²) in [5.41, 5.74) is 0.401. The lowest BCUT2D eigenvalue weighted by atomic mass is 10.3. The van der Waals surface area contributed by atoms with Gasteiger partial charge in [-0.05, 0) is 25.1 Å². The van der Waals surface area contributed by atoms with Gasteiger partial charge in [-0.25, -0.2) is 0 Å². The second kappa shape index (κ2) is 7.57. The van der Waals surface area contributed by atoms with Crippen LogP contribution in [0.2, 0.25) is 5.02 Å². The summed E-state index contributed by atoms with van der Waals surface area (Å²) >= 11 is 22.4. The van der Waals surface area contributed by atoms with Crippen LogP contribution in [-0.4, -0.2) is 29.5 Å². The summed E-state index contributed by atoms with van der Waals surface area (Å²) in [5, 5.41) is 2.76. The number of ether oxygens (including phenoxy) is 2. The first kappa shape index (κ1) is 17.7. The Bertz CT molecular complexity index is 476. The summed E-state index contributed by atoms with van der Waals surface area (Å²) < 4.78 is 8.49. The molecule has 8 heteroatoms. The fraction of sp³-hybridized carbons (Fsp3) is 0.417. The molecule has 0 saturated heterocycles. The van der Waals surface area contributed by atoms with E-state index in [4.69, 9.17) is 55.9 Å². The number of carbonyl (C=O) groups excluding carboxylic acids is 1. The highest BCUT2D eigenvalue weighted by Gasteiger charge is 2.30. The molecule has 0 heterocycles. The molecule has 0 saturated carbocycles. The van der Waals surface area contributed by atoms with E-state index in [-0.39, 0.29) is 6.10 Å². The van der Waals surface area contributed by atoms with Crippen molar-refractivity contribution in [2.45, 2.75) is 16.8 Å². The maximum atomic E-state index is 11.5. The minimum absolute atomic E-state index is 0.154. The van der Waals surface area contributed by atoms with Gasteiger partial charge in [0.05, 0.1) is 11.6 Å². The number of hydrogen-bond donors (Lipinski definition) is 1. The molecular formula is C12H13Cl4NO3. The first-order valence-corrected chi connectivity index (χ1v) is 7.08. The van der Waals surface area contributed by atoms with Crippen LogP contribution in [0.5, 0.6) is 5.75 Å². The van der Waals surface area contributed by atoms with E-state index in [1.165, 1.54) is 6.07 Å². The molecule has 1 N–H and O–H groups in total. The molecule has 1 atom stereocenters. The number of nitrogens with one attached hydrogen (secondary N) is 1. The predicted molar refractivity (Wildman–Crippen MR) is 82.3 cm³/mol. The van der Waals surface area contributed by atoms with Gasteiger partial charge in [0, 0.05) is 12.8 Å². The first-order chi connectivity index (χ1) is 9.24. The highest BCUT2D eigenvalue weighted by molar-refractivity contribution is 6.76. The third kappa shape index (κ3) is 5.54. The molecule has 1 aromatic rings. The lowest BCUT2D eigenvalue weighted by Crippen LogP contribution is -2.26. The van der Waals surface area contributed by atoms with E-state index in [1.807, 2.05) is 6.92 Å². The van der Waals surface area contributed by atoms with Gasteiger partial charge in [-0.2, -0.15) is 0 Å². The molecule has 0 spiro atoms. The van der Waals surface area contributed by atoms with Gasteiger partial charge in [-0.15, -0.1) is 0 Å². The maximum absolute atomic E-state index is 11.5. The summed E-state index contributed by atoms with van der Waals surface area (Å²) in [6.45, 7) is 2.28. The molecule has 20 heavy (non-hydrogen) atoms. The smallest absolute Gasteiger partial charge is 0.276 e. The largest absolute Gasteiger partial charge is 0.487 e. The fourth-order valence-electron chi connectivity index (χ4n) is 1.36. The van der Waals surface area contributed by atoms with Crippen LogP contribution in [0.3, 0.4) is 0 Å². The number of rotatable bonds is 5. The van der Waals surface area contributed by atoms with Crippen molar-refractivity contribution in [1.82, 2.24) is 0 Å². The van der Waals surface area contributed by atoms with E-state index in [1.54, 1.807) is 19.2 Å². The van der Waals surface area contributed by atoms with Crippen LogP contribution in [0.1, 0.15) is 6.92 Å². The molecule has 1 amide bonds. The lowest BCUT2D eigenvalue weighted by Gasteiger charge is -2.16. The Labute approximate surface area is 137 Å². The van der Waals surface area contributed by atoms with Gasteiger partial charge in [0.15, 0.2) is 0 Å². The molecule has 1 rings (SSSR count). The molecule has 1 aromatic carbocycles. The zero-order valence-electron chi connectivity index (χ0n) is 10.8. The number of halogens is 4. The van der Waals surface area contributed by atoms with Gasteiger partial charge in [-0.1, -0.05) is 46.4 Å². The Balaban J connectivity index is 2.75. The Morgan fingerprint density at radius 3 is 2.55 bits per heavy atom. The molecule has 0 aliphatic rings. The van der Waals surface area contributed by atoms with Crippen molar-refractivity contribution >= 4 is 58.0 Å². The van der Waals surface area contributed by atoms with Gasteiger partial charge in [0.2, 0.25) is 0 Å². The first-order valence-electron chi connectivity index (χ1n) is 5.57. The molecule has 0 fully saturated rings. The van der Waals surface area contributed by atoms with Crippen LogP contribution >= 0.6 is 46.4 Å². The van der Waals surface area contributed by atoms with Crippen molar-refractivity contribution in [3.63, 3.8) is 0 Å². The van der Waals surface area contributed by atoms with Crippen LogP contribution in [0.4, 0.5) is 5.69 Å². The predicted octanol–water partition coefficient (Wildman–Crippen LogP) is 4.06. The van der Waals surface area contributed by atoms with Gasteiger partial charge >= 0.3 is 0 Å². The van der Waals surface area contributed by atoms with Crippen LogP contribution in [0.15, 0.2) is 18.2 Å². The highest BCUT2D eigenvalue weighted by Crippen LogP contribution is 2.31. The second-order valence-corrected chi connectivity index (χ2v) is 6.67. The summed E-state index contributed by atoms with van der Waals surface area (Å²) in [4.78, 5) is 11.5. The molecule has 0 aromatic heterocycles. The van der Waals surface area contributed by atoms with Crippen LogP contribution in [0.25, 0.3) is 0 Å². The van der Waals surface area contributed by atoms with Crippen molar-refractivity contribution < 1.29 is 14.3 Å². The van der Waals surface area contributed by atoms with Crippen molar-refractivity contribution in [3.05, 3.63) is 23.2 Å². The molecule has 0 bridgehead atoms. The van der Waals surface area contributed by atoms with E-state index in [2.05, 4.69) is 5.32 Å². The Morgan fingerprint density at radius 2 is 2.05 bits per heavy atom. The van der Waals surface area contributed by atoms with Crippen LogP contribution in [-0.2, 0) is 9.53 Å². The number of hydrogen-bond acceptors (Lipinski definition) is 3. The Hall–Kier alpha value is -0.390. The van der Waals surface area contributed by atoms with Crippen LogP contribution in [0, 0.1) is 0 Å². The van der Waals surface area contributed by atoms with Crippen molar-refractivity contribution in [2.24, 2.45) is 0 Å². The molecule has 0 aliphatic carbocycles. The molecular weight excluding hydrogens is 348 g/mol. The van der Waals surface area contributed by atoms with E-state index in [9.17, 15) is 4.79 Å². The SMILES string of the molecule is COC[C@@H](C)Oc1ccc(NC(=O)C(Cl)(Cl)Cl)cc1Cl. The quantitative estimate of drug-likeness (QED) is 0.805. The molecule has 0 unspecified atom stereocenters. The number of methoxy groups -OCH3 is 1. The fourth-order valence-corrected chi connectivity index (χ4v) is 1.73. The van der Waals surface area contributed by atoms with E-state index in [0.29, 0.717) is 23.1 Å². The van der Waals surface area contributed by atoms with Crippen LogP contribution < -0.4 is 10.1 Å². The number of benzene rings is 1. The number of anilines is 1. The summed E-state index contributed by atoms with van der Waals surface area (Å²) in [5.74, 6) is -0.289. The van der Waals surface area contributed by atoms with Crippen molar-refractivity contribution in [3.8, 4) is 5.75 Å². The van der Waals surface area contributed by atoms with Crippen molar-refractivity contribution in [1.29, 1.82) is 0 Å². The zero-order chi connectivity index (χ0) is 15.3. The average molecular weight is 361 g/mol. The second-order valence-electron chi connectivity index (χ2n) is 3.98. The number of alkyl halides is 3. The molecule has 0 radical (unpaired) electrons.